The Kier molecular flexibility index (Phi) is 3.71. The minimum absolute atomic E-state index is 0.0262. The monoisotopic (exact) mass is 354 g/mol. The van der Waals surface area contributed by atoms with Crippen LogP contribution in [0.5, 0.6) is 5.75 Å². The lowest BCUT2D eigenvalue weighted by Gasteiger charge is -2.13. The summed E-state index contributed by atoms with van der Waals surface area (Å²) in [6, 6.07) is 6.24. The highest BCUT2D eigenvalue weighted by atomic mass is 79.9. The molecule has 0 radical (unpaired) electrons. The van der Waals surface area contributed by atoms with Gasteiger partial charge in [0.05, 0.1) is 18.0 Å². The lowest BCUT2D eigenvalue weighted by atomic mass is 10.1. The molecule has 0 atom stereocenters. The highest BCUT2D eigenvalue weighted by molar-refractivity contribution is 9.10. The smallest absolute Gasteiger partial charge is 0.183 e. The Morgan fingerprint density at radius 1 is 1.29 bits per heavy atom. The van der Waals surface area contributed by atoms with Crippen molar-refractivity contribution in [3.63, 3.8) is 0 Å². The number of anilines is 2. The van der Waals surface area contributed by atoms with Gasteiger partial charge in [-0.2, -0.15) is 0 Å². The largest absolute Gasteiger partial charge is 0.493 e. The summed E-state index contributed by atoms with van der Waals surface area (Å²) in [4.78, 5) is 0. The number of nitrogen functional groups attached to an aromatic ring is 1. The van der Waals surface area contributed by atoms with Gasteiger partial charge in [0, 0.05) is 23.0 Å². The Labute approximate surface area is 129 Å². The molecule has 1 aliphatic heterocycles. The molecule has 3 nitrogen and oxygen atoms in total. The second-order valence-electron chi connectivity index (χ2n) is 4.83. The topological polar surface area (TPSA) is 47.3 Å². The van der Waals surface area contributed by atoms with Crippen LogP contribution in [0.1, 0.15) is 11.1 Å². The maximum atomic E-state index is 13.8. The van der Waals surface area contributed by atoms with Gasteiger partial charge in [-0.15, -0.1) is 0 Å². The first-order valence-corrected chi connectivity index (χ1v) is 7.27. The molecule has 0 saturated carbocycles. The number of benzene rings is 2. The lowest BCUT2D eigenvalue weighted by Crippen LogP contribution is -2.07. The molecule has 0 bridgehead atoms. The number of ether oxygens (including phenoxy) is 1. The molecule has 6 heteroatoms. The fraction of sp³-hybridized carbons (Fsp3) is 0.200. The first-order valence-electron chi connectivity index (χ1n) is 6.47. The van der Waals surface area contributed by atoms with E-state index in [1.54, 1.807) is 0 Å². The molecule has 1 heterocycles. The van der Waals surface area contributed by atoms with Crippen molar-refractivity contribution in [2.75, 3.05) is 17.7 Å². The van der Waals surface area contributed by atoms with E-state index >= 15 is 0 Å². The van der Waals surface area contributed by atoms with Crippen LogP contribution in [0.3, 0.4) is 0 Å². The first-order chi connectivity index (χ1) is 10.1. The van der Waals surface area contributed by atoms with Gasteiger partial charge in [-0.1, -0.05) is 15.9 Å². The Morgan fingerprint density at radius 2 is 2.10 bits per heavy atom. The zero-order chi connectivity index (χ0) is 15.0. The maximum absolute atomic E-state index is 13.8. The number of halogens is 3. The molecule has 1 aliphatic rings. The van der Waals surface area contributed by atoms with Crippen LogP contribution in [0, 0.1) is 11.6 Å². The molecule has 110 valence electrons. The summed E-state index contributed by atoms with van der Waals surface area (Å²) in [7, 11) is 0. The molecule has 2 aromatic rings. The number of rotatable bonds is 3. The van der Waals surface area contributed by atoms with Crippen molar-refractivity contribution in [1.82, 2.24) is 0 Å². The molecule has 0 aromatic heterocycles. The van der Waals surface area contributed by atoms with E-state index < -0.39 is 11.6 Å². The first kappa shape index (κ1) is 14.1. The highest BCUT2D eigenvalue weighted by Crippen LogP contribution is 2.34. The normalized spacial score (nSPS) is 12.9. The third kappa shape index (κ3) is 2.68. The second-order valence-corrected chi connectivity index (χ2v) is 5.75. The molecule has 3 N–H and O–H groups in total. The van der Waals surface area contributed by atoms with E-state index in [2.05, 4.69) is 21.2 Å². The number of nitrogens with one attached hydrogen (secondary N) is 1. The van der Waals surface area contributed by atoms with Crippen LogP contribution in [-0.4, -0.2) is 6.61 Å². The molecule has 0 aliphatic carbocycles. The maximum Gasteiger partial charge on any atom is 0.183 e. The summed E-state index contributed by atoms with van der Waals surface area (Å²) < 4.78 is 33.6. The Bertz CT molecular complexity index is 707. The van der Waals surface area contributed by atoms with Gasteiger partial charge < -0.3 is 15.8 Å². The zero-order valence-corrected chi connectivity index (χ0v) is 12.6. The van der Waals surface area contributed by atoms with Crippen molar-refractivity contribution in [3.05, 3.63) is 51.5 Å². The molecular weight excluding hydrogens is 342 g/mol. The molecule has 0 amide bonds. The quantitative estimate of drug-likeness (QED) is 0.822. The number of nitrogens with two attached hydrogens (primary N) is 1. The zero-order valence-electron chi connectivity index (χ0n) is 11.1. The van der Waals surface area contributed by atoms with Crippen LogP contribution in [0.25, 0.3) is 0 Å². The summed E-state index contributed by atoms with van der Waals surface area (Å²) in [5.74, 6) is -1.09. The minimum Gasteiger partial charge on any atom is -0.493 e. The van der Waals surface area contributed by atoms with Gasteiger partial charge >= 0.3 is 0 Å². The molecule has 2 aromatic carbocycles. The van der Waals surface area contributed by atoms with Crippen molar-refractivity contribution in [2.24, 2.45) is 0 Å². The van der Waals surface area contributed by atoms with Crippen molar-refractivity contribution < 1.29 is 13.5 Å². The summed E-state index contributed by atoms with van der Waals surface area (Å²) in [5.41, 5.74) is 7.81. The Balaban J connectivity index is 1.88. The van der Waals surface area contributed by atoms with Crippen molar-refractivity contribution in [3.8, 4) is 5.75 Å². The van der Waals surface area contributed by atoms with Gasteiger partial charge in [-0.25, -0.2) is 8.78 Å². The summed E-state index contributed by atoms with van der Waals surface area (Å²) in [6.07, 6.45) is 0.845. The van der Waals surface area contributed by atoms with E-state index in [1.807, 2.05) is 12.1 Å². The van der Waals surface area contributed by atoms with E-state index in [4.69, 9.17) is 10.5 Å². The highest BCUT2D eigenvalue weighted by Gasteiger charge is 2.18. The van der Waals surface area contributed by atoms with Gasteiger partial charge in [0.2, 0.25) is 0 Å². The molecule has 0 saturated heterocycles. The van der Waals surface area contributed by atoms with E-state index in [0.717, 1.165) is 33.8 Å². The second kappa shape index (κ2) is 5.52. The van der Waals surface area contributed by atoms with Crippen LogP contribution < -0.4 is 15.8 Å². The van der Waals surface area contributed by atoms with E-state index in [0.29, 0.717) is 13.2 Å². The number of hydrogen-bond donors (Lipinski definition) is 2. The number of fused-ring (bicyclic) bond motifs is 1. The van der Waals surface area contributed by atoms with Crippen molar-refractivity contribution in [2.45, 2.75) is 13.0 Å². The van der Waals surface area contributed by atoms with Crippen LogP contribution in [0.15, 0.2) is 28.7 Å². The molecule has 3 rings (SSSR count). The fourth-order valence-corrected chi connectivity index (χ4v) is 2.96. The van der Waals surface area contributed by atoms with Crippen LogP contribution >= 0.6 is 15.9 Å². The number of hydrogen-bond acceptors (Lipinski definition) is 3. The van der Waals surface area contributed by atoms with Gasteiger partial charge in [0.15, 0.2) is 11.6 Å². The van der Waals surface area contributed by atoms with E-state index in [-0.39, 0.29) is 11.4 Å². The lowest BCUT2D eigenvalue weighted by molar-refractivity contribution is 0.354. The molecule has 0 fully saturated rings. The van der Waals surface area contributed by atoms with E-state index in [1.165, 1.54) is 6.07 Å². The molecular formula is C15H13BrF2N2O. The summed E-state index contributed by atoms with van der Waals surface area (Å²) in [5, 5.41) is 2.85. The van der Waals surface area contributed by atoms with Crippen molar-refractivity contribution in [1.29, 1.82) is 0 Å². The van der Waals surface area contributed by atoms with Gasteiger partial charge in [-0.3, -0.25) is 0 Å². The third-order valence-electron chi connectivity index (χ3n) is 3.41. The Morgan fingerprint density at radius 3 is 2.90 bits per heavy atom. The SMILES string of the molecule is Nc1ccc(F)c(F)c1NCc1cc(Br)cc2c1OCC2. The average Bonchev–Trinajstić information content (AvgIpc) is 2.91. The molecule has 0 unspecified atom stereocenters. The average molecular weight is 355 g/mol. The summed E-state index contributed by atoms with van der Waals surface area (Å²) >= 11 is 3.44. The van der Waals surface area contributed by atoms with Crippen LogP contribution in [0.2, 0.25) is 0 Å². The van der Waals surface area contributed by atoms with Gasteiger partial charge in [0.25, 0.3) is 0 Å². The van der Waals surface area contributed by atoms with E-state index in [9.17, 15) is 8.78 Å². The summed E-state index contributed by atoms with van der Waals surface area (Å²) in [6.45, 7) is 0.932. The fourth-order valence-electron chi connectivity index (χ4n) is 2.41. The van der Waals surface area contributed by atoms with Gasteiger partial charge in [0.1, 0.15) is 5.75 Å². The molecule has 21 heavy (non-hydrogen) atoms. The predicted molar refractivity (Wildman–Crippen MR) is 81.4 cm³/mol. The van der Waals surface area contributed by atoms with Gasteiger partial charge in [-0.05, 0) is 29.8 Å². The van der Waals surface area contributed by atoms with Crippen LogP contribution in [0.4, 0.5) is 20.2 Å². The van der Waals surface area contributed by atoms with Crippen LogP contribution in [-0.2, 0) is 13.0 Å². The minimum atomic E-state index is -0.970. The predicted octanol–water partition coefficient (Wildman–Crippen LogP) is 3.86. The Hall–Kier alpha value is -1.82. The molecule has 0 spiro atoms. The standard InChI is InChI=1S/C15H13BrF2N2O/c16-10-5-8-3-4-21-15(8)9(6-10)7-20-14-12(19)2-1-11(17)13(14)18/h1-2,5-6,20H,3-4,7,19H2. The van der Waals surface area contributed by atoms with Crippen molar-refractivity contribution >= 4 is 27.3 Å². The third-order valence-corrected chi connectivity index (χ3v) is 3.87.